The normalized spacial score (nSPS) is 11.4. The van der Waals surface area contributed by atoms with Gasteiger partial charge >= 0.3 is 0 Å². The van der Waals surface area contributed by atoms with E-state index in [0.717, 1.165) is 11.5 Å². The lowest BCUT2D eigenvalue weighted by Gasteiger charge is -2.10. The van der Waals surface area contributed by atoms with Gasteiger partial charge in [-0.05, 0) is 24.3 Å². The molecule has 0 bridgehead atoms. The summed E-state index contributed by atoms with van der Waals surface area (Å²) < 4.78 is 27.5. The molecule has 9 heteroatoms. The number of rotatable bonds is 4. The van der Waals surface area contributed by atoms with Gasteiger partial charge in [-0.1, -0.05) is 29.8 Å². The van der Waals surface area contributed by atoms with Crippen LogP contribution in [0.25, 0.3) is 10.9 Å². The first-order valence-electron chi connectivity index (χ1n) is 6.69. The Bertz CT molecular complexity index is 1050. The number of sulfonamides is 1. The lowest BCUT2D eigenvalue weighted by molar-refractivity contribution is -0.384. The van der Waals surface area contributed by atoms with Crippen LogP contribution >= 0.6 is 11.6 Å². The second kappa shape index (κ2) is 6.06. The molecule has 3 aromatic rings. The molecule has 7 nitrogen and oxygen atoms in total. The molecule has 3 rings (SSSR count). The van der Waals surface area contributed by atoms with E-state index >= 15 is 0 Å². The second-order valence-electron chi connectivity index (χ2n) is 4.86. The van der Waals surface area contributed by atoms with Crippen molar-refractivity contribution in [3.63, 3.8) is 0 Å². The Balaban J connectivity index is 2.05. The van der Waals surface area contributed by atoms with Crippen molar-refractivity contribution in [2.24, 2.45) is 0 Å². The van der Waals surface area contributed by atoms with Crippen molar-refractivity contribution in [1.29, 1.82) is 0 Å². The fourth-order valence-electron chi connectivity index (χ4n) is 2.19. The minimum absolute atomic E-state index is 0.134. The molecule has 1 N–H and O–H groups in total. The van der Waals surface area contributed by atoms with Gasteiger partial charge in [-0.2, -0.15) is 0 Å². The number of nitro groups is 1. The van der Waals surface area contributed by atoms with E-state index in [1.165, 1.54) is 12.1 Å². The summed E-state index contributed by atoms with van der Waals surface area (Å²) in [7, 11) is -4.03. The predicted octanol–water partition coefficient (Wildman–Crippen LogP) is 3.60. The SMILES string of the molecule is O=[N+]([O-])c1cc(S(=O)(=O)Nc2cccc3cccnc23)ccc1Cl. The number of nitro benzene ring substituents is 1. The van der Waals surface area contributed by atoms with Crippen LogP contribution in [0.1, 0.15) is 0 Å². The van der Waals surface area contributed by atoms with Crippen LogP contribution in [0.2, 0.25) is 5.02 Å². The van der Waals surface area contributed by atoms with Crippen molar-refractivity contribution >= 4 is 43.9 Å². The van der Waals surface area contributed by atoms with Crippen LogP contribution in [-0.2, 0) is 10.0 Å². The highest BCUT2D eigenvalue weighted by Crippen LogP contribution is 2.29. The Morgan fingerprint density at radius 2 is 1.88 bits per heavy atom. The van der Waals surface area contributed by atoms with Crippen LogP contribution in [0, 0.1) is 10.1 Å². The van der Waals surface area contributed by atoms with Gasteiger partial charge in [-0.15, -0.1) is 0 Å². The number of benzene rings is 2. The maximum atomic E-state index is 12.5. The van der Waals surface area contributed by atoms with Gasteiger partial charge in [-0.25, -0.2) is 8.42 Å². The molecular weight excluding hydrogens is 354 g/mol. The third-order valence-corrected chi connectivity index (χ3v) is 4.98. The number of hydrogen-bond acceptors (Lipinski definition) is 5. The maximum Gasteiger partial charge on any atom is 0.289 e. The molecule has 24 heavy (non-hydrogen) atoms. The molecule has 122 valence electrons. The zero-order chi connectivity index (χ0) is 17.3. The Morgan fingerprint density at radius 1 is 1.12 bits per heavy atom. The van der Waals surface area contributed by atoms with Crippen LogP contribution in [0.4, 0.5) is 11.4 Å². The molecule has 0 atom stereocenters. The first-order chi connectivity index (χ1) is 11.4. The van der Waals surface area contributed by atoms with Gasteiger partial charge < -0.3 is 0 Å². The van der Waals surface area contributed by atoms with Gasteiger partial charge in [0.15, 0.2) is 0 Å². The van der Waals surface area contributed by atoms with E-state index in [-0.39, 0.29) is 15.6 Å². The van der Waals surface area contributed by atoms with Gasteiger partial charge in [0.05, 0.1) is 21.0 Å². The van der Waals surface area contributed by atoms with E-state index in [2.05, 4.69) is 9.71 Å². The number of para-hydroxylation sites is 1. The smallest absolute Gasteiger partial charge is 0.277 e. The monoisotopic (exact) mass is 363 g/mol. The molecule has 0 saturated heterocycles. The first-order valence-corrected chi connectivity index (χ1v) is 8.55. The van der Waals surface area contributed by atoms with Gasteiger partial charge in [0.25, 0.3) is 15.7 Å². The van der Waals surface area contributed by atoms with Crippen LogP contribution < -0.4 is 4.72 Å². The summed E-state index contributed by atoms with van der Waals surface area (Å²) in [6, 6.07) is 11.9. The number of anilines is 1. The molecule has 1 heterocycles. The highest BCUT2D eigenvalue weighted by Gasteiger charge is 2.21. The number of nitrogens with one attached hydrogen (secondary N) is 1. The van der Waals surface area contributed by atoms with Gasteiger partial charge in [0.2, 0.25) is 0 Å². The molecule has 0 amide bonds. The summed E-state index contributed by atoms with van der Waals surface area (Å²) in [5.74, 6) is 0. The van der Waals surface area contributed by atoms with Gasteiger partial charge in [-0.3, -0.25) is 19.8 Å². The van der Waals surface area contributed by atoms with E-state index in [0.29, 0.717) is 5.52 Å². The summed E-state index contributed by atoms with van der Waals surface area (Å²) in [5.41, 5.74) is 0.285. The average molecular weight is 364 g/mol. The van der Waals surface area contributed by atoms with Crippen molar-refractivity contribution in [2.45, 2.75) is 4.90 Å². The molecule has 1 aromatic heterocycles. The lowest BCUT2D eigenvalue weighted by Crippen LogP contribution is -2.13. The summed E-state index contributed by atoms with van der Waals surface area (Å²) >= 11 is 5.71. The average Bonchev–Trinajstić information content (AvgIpc) is 2.55. The Morgan fingerprint density at radius 3 is 2.62 bits per heavy atom. The number of aromatic nitrogens is 1. The van der Waals surface area contributed by atoms with Crippen LogP contribution in [0.3, 0.4) is 0 Å². The van der Waals surface area contributed by atoms with E-state index in [9.17, 15) is 18.5 Å². The third-order valence-electron chi connectivity index (χ3n) is 3.30. The highest BCUT2D eigenvalue weighted by molar-refractivity contribution is 7.92. The molecule has 0 saturated carbocycles. The number of halogens is 1. The molecule has 0 unspecified atom stereocenters. The number of pyridine rings is 1. The van der Waals surface area contributed by atoms with Crippen LogP contribution in [-0.4, -0.2) is 18.3 Å². The van der Waals surface area contributed by atoms with E-state index in [1.54, 1.807) is 36.5 Å². The largest absolute Gasteiger partial charge is 0.289 e. The molecule has 0 radical (unpaired) electrons. The quantitative estimate of drug-likeness (QED) is 0.563. The van der Waals surface area contributed by atoms with E-state index < -0.39 is 20.6 Å². The predicted molar refractivity (Wildman–Crippen MR) is 90.7 cm³/mol. The Kier molecular flexibility index (Phi) is 4.08. The van der Waals surface area contributed by atoms with Crippen molar-refractivity contribution in [2.75, 3.05) is 4.72 Å². The third kappa shape index (κ3) is 3.01. The summed E-state index contributed by atoms with van der Waals surface area (Å²) in [6.45, 7) is 0. The first kappa shape index (κ1) is 16.2. The maximum absolute atomic E-state index is 12.5. The van der Waals surface area contributed by atoms with Gasteiger partial charge in [0, 0.05) is 17.6 Å². The van der Waals surface area contributed by atoms with Gasteiger partial charge in [0.1, 0.15) is 5.02 Å². The summed E-state index contributed by atoms with van der Waals surface area (Å²) in [6.07, 6.45) is 1.55. The highest BCUT2D eigenvalue weighted by atomic mass is 35.5. The summed E-state index contributed by atoms with van der Waals surface area (Å²) in [5, 5.41) is 11.6. The van der Waals surface area contributed by atoms with Crippen molar-refractivity contribution < 1.29 is 13.3 Å². The standard InChI is InChI=1S/C15H10ClN3O4S/c16-12-7-6-11(9-14(12)19(20)21)24(22,23)18-13-5-1-3-10-4-2-8-17-15(10)13/h1-9,18H. The van der Waals surface area contributed by atoms with Crippen molar-refractivity contribution in [3.05, 3.63) is 69.9 Å². The van der Waals surface area contributed by atoms with E-state index in [4.69, 9.17) is 11.6 Å². The Labute approximate surface area is 142 Å². The lowest BCUT2D eigenvalue weighted by atomic mass is 10.2. The number of hydrogen-bond donors (Lipinski definition) is 1. The molecular formula is C15H10ClN3O4S. The van der Waals surface area contributed by atoms with E-state index in [1.807, 2.05) is 0 Å². The number of fused-ring (bicyclic) bond motifs is 1. The zero-order valence-electron chi connectivity index (χ0n) is 12.0. The summed E-state index contributed by atoms with van der Waals surface area (Å²) in [4.78, 5) is 14.1. The van der Waals surface area contributed by atoms with Crippen molar-refractivity contribution in [3.8, 4) is 0 Å². The molecule has 0 aliphatic carbocycles. The van der Waals surface area contributed by atoms with Crippen molar-refractivity contribution in [1.82, 2.24) is 4.98 Å². The Hall–Kier alpha value is -2.71. The topological polar surface area (TPSA) is 102 Å². The molecule has 2 aromatic carbocycles. The zero-order valence-corrected chi connectivity index (χ0v) is 13.6. The minimum Gasteiger partial charge on any atom is -0.277 e. The fraction of sp³-hybridized carbons (Fsp3) is 0. The van der Waals surface area contributed by atoms with Crippen LogP contribution in [0.15, 0.2) is 59.6 Å². The fourth-order valence-corrected chi connectivity index (χ4v) is 3.46. The molecule has 0 spiro atoms. The second-order valence-corrected chi connectivity index (χ2v) is 6.95. The van der Waals surface area contributed by atoms with Crippen LogP contribution in [0.5, 0.6) is 0 Å². The molecule has 0 fully saturated rings. The minimum atomic E-state index is -4.03. The number of nitrogens with zero attached hydrogens (tertiary/aromatic N) is 2. The molecule has 0 aliphatic rings. The molecule has 0 aliphatic heterocycles.